The van der Waals surface area contributed by atoms with Crippen LogP contribution in [0.1, 0.15) is 52.4 Å². The summed E-state index contributed by atoms with van der Waals surface area (Å²) in [4.78, 5) is 0. The van der Waals surface area contributed by atoms with Gasteiger partial charge in [-0.2, -0.15) is 0 Å². The summed E-state index contributed by atoms with van der Waals surface area (Å²) in [7, 11) is 0. The maximum absolute atomic E-state index is 10.8. The molecule has 3 heteroatoms. The summed E-state index contributed by atoms with van der Waals surface area (Å²) in [6.07, 6.45) is 9.88. The Bertz CT molecular complexity index is 554. The Morgan fingerprint density at radius 1 is 1.18 bits per heavy atom. The van der Waals surface area contributed by atoms with E-state index in [0.717, 1.165) is 32.1 Å². The van der Waals surface area contributed by atoms with E-state index in [4.69, 9.17) is 5.73 Å². The summed E-state index contributed by atoms with van der Waals surface area (Å²) in [6.45, 7) is 4.68. The molecule has 4 aliphatic carbocycles. The molecule has 0 aliphatic heterocycles. The first-order valence-electron chi connectivity index (χ1n) is 8.91. The summed E-state index contributed by atoms with van der Waals surface area (Å²) < 4.78 is 0. The molecule has 0 amide bonds. The van der Waals surface area contributed by atoms with Crippen LogP contribution in [0.15, 0.2) is 23.5 Å². The van der Waals surface area contributed by atoms with E-state index in [1.54, 1.807) is 0 Å². The van der Waals surface area contributed by atoms with Gasteiger partial charge < -0.3 is 15.9 Å². The van der Waals surface area contributed by atoms with Gasteiger partial charge in [-0.1, -0.05) is 26.0 Å². The van der Waals surface area contributed by atoms with Crippen LogP contribution in [0, 0.1) is 28.6 Å². The lowest BCUT2D eigenvalue weighted by molar-refractivity contribution is 0.0216. The number of aliphatic hydroxyl groups excluding tert-OH is 2. The van der Waals surface area contributed by atoms with Crippen molar-refractivity contribution in [1.82, 2.24) is 0 Å². The highest BCUT2D eigenvalue weighted by Gasteiger charge is 2.57. The quantitative estimate of drug-likeness (QED) is 0.602. The van der Waals surface area contributed by atoms with Gasteiger partial charge in [0.05, 0.1) is 11.9 Å². The molecular weight excluding hydrogens is 274 g/mol. The average molecular weight is 303 g/mol. The molecule has 0 bridgehead atoms. The molecule has 0 aromatic rings. The van der Waals surface area contributed by atoms with Gasteiger partial charge in [-0.15, -0.1) is 0 Å². The molecule has 2 fully saturated rings. The standard InChI is InChI=1S/C19H29NO2/c1-18-7-5-12(21)9-11(18)10-15(22)17-13-3-4-16(20)19(13,2)8-6-14(17)18/h5,7,11-14,16,21-22H,3-4,6,8-10,20H2,1-2H3/t11?,12?,13-,14+,16?,18-,19-/m0/s1. The molecular formula is C19H29NO2. The number of hydrogen-bond acceptors (Lipinski definition) is 3. The smallest absolute Gasteiger partial charge is 0.0923 e. The van der Waals surface area contributed by atoms with E-state index in [9.17, 15) is 10.2 Å². The lowest BCUT2D eigenvalue weighted by Crippen LogP contribution is -2.50. The highest BCUT2D eigenvalue weighted by Crippen LogP contribution is 2.64. The first-order valence-corrected chi connectivity index (χ1v) is 8.91. The van der Waals surface area contributed by atoms with Crippen molar-refractivity contribution in [3.63, 3.8) is 0 Å². The normalized spacial score (nSPS) is 53.9. The minimum absolute atomic E-state index is 0.0921. The molecule has 0 saturated heterocycles. The number of aliphatic hydroxyl groups is 2. The van der Waals surface area contributed by atoms with Gasteiger partial charge in [-0.3, -0.25) is 0 Å². The third-order valence-electron chi connectivity index (χ3n) is 7.74. The number of allylic oxidation sites excluding steroid dienone is 3. The van der Waals surface area contributed by atoms with Crippen molar-refractivity contribution in [3.8, 4) is 0 Å². The van der Waals surface area contributed by atoms with Crippen molar-refractivity contribution in [1.29, 1.82) is 0 Å². The number of fused-ring (bicyclic) bond motifs is 5. The van der Waals surface area contributed by atoms with E-state index in [0.29, 0.717) is 23.5 Å². The van der Waals surface area contributed by atoms with Gasteiger partial charge in [0.2, 0.25) is 0 Å². The third kappa shape index (κ3) is 1.75. The fraction of sp³-hybridized carbons (Fsp3) is 0.789. The van der Waals surface area contributed by atoms with Crippen LogP contribution in [0.3, 0.4) is 0 Å². The Morgan fingerprint density at radius 3 is 2.73 bits per heavy atom. The van der Waals surface area contributed by atoms with Gasteiger partial charge in [0, 0.05) is 12.5 Å². The zero-order chi connectivity index (χ0) is 15.7. The molecule has 4 rings (SSSR count). The van der Waals surface area contributed by atoms with Crippen LogP contribution >= 0.6 is 0 Å². The van der Waals surface area contributed by atoms with Gasteiger partial charge in [-0.25, -0.2) is 0 Å². The molecule has 0 aromatic carbocycles. The maximum Gasteiger partial charge on any atom is 0.0923 e. The highest BCUT2D eigenvalue weighted by molar-refractivity contribution is 5.33. The molecule has 22 heavy (non-hydrogen) atoms. The van der Waals surface area contributed by atoms with E-state index >= 15 is 0 Å². The number of rotatable bonds is 0. The van der Waals surface area contributed by atoms with E-state index in [-0.39, 0.29) is 23.0 Å². The first kappa shape index (κ1) is 14.8. The van der Waals surface area contributed by atoms with E-state index in [1.807, 2.05) is 6.08 Å². The second kappa shape index (κ2) is 4.61. The Labute approximate surface area is 133 Å². The van der Waals surface area contributed by atoms with Crippen molar-refractivity contribution >= 4 is 0 Å². The fourth-order valence-corrected chi connectivity index (χ4v) is 6.17. The predicted octanol–water partition coefficient (Wildman–Crippen LogP) is 3.30. The van der Waals surface area contributed by atoms with Crippen LogP contribution in [0.2, 0.25) is 0 Å². The SMILES string of the molecule is C[C@]12C=CC(O)CC1CC(O)=C1[C@H]2CC[C@]2(C)C(N)CC[C@@H]12. The van der Waals surface area contributed by atoms with Gasteiger partial charge in [0.15, 0.2) is 0 Å². The monoisotopic (exact) mass is 303 g/mol. The molecule has 0 aromatic heterocycles. The molecule has 2 saturated carbocycles. The summed E-state index contributed by atoms with van der Waals surface area (Å²) >= 11 is 0. The van der Waals surface area contributed by atoms with Gasteiger partial charge in [0.25, 0.3) is 0 Å². The maximum atomic E-state index is 10.8. The molecule has 3 nitrogen and oxygen atoms in total. The van der Waals surface area contributed by atoms with Crippen molar-refractivity contribution in [2.24, 2.45) is 34.3 Å². The molecule has 122 valence electrons. The Morgan fingerprint density at radius 2 is 1.95 bits per heavy atom. The van der Waals surface area contributed by atoms with Crippen molar-refractivity contribution in [2.75, 3.05) is 0 Å². The van der Waals surface area contributed by atoms with Crippen LogP contribution in [-0.2, 0) is 0 Å². The van der Waals surface area contributed by atoms with Crippen molar-refractivity contribution in [2.45, 2.75) is 64.5 Å². The minimum Gasteiger partial charge on any atom is -0.512 e. The second-order valence-electron chi connectivity index (χ2n) is 8.66. The summed E-state index contributed by atoms with van der Waals surface area (Å²) in [6, 6.07) is 0.271. The predicted molar refractivity (Wildman–Crippen MR) is 87.2 cm³/mol. The number of hydrogen-bond donors (Lipinski definition) is 3. The highest BCUT2D eigenvalue weighted by atomic mass is 16.3. The molecule has 0 radical (unpaired) electrons. The largest absolute Gasteiger partial charge is 0.512 e. The summed E-state index contributed by atoms with van der Waals surface area (Å²) in [5.74, 6) is 1.87. The van der Waals surface area contributed by atoms with Crippen molar-refractivity contribution in [3.05, 3.63) is 23.5 Å². The topological polar surface area (TPSA) is 66.5 Å². The Kier molecular flexibility index (Phi) is 3.09. The minimum atomic E-state index is -0.346. The van der Waals surface area contributed by atoms with E-state index in [1.165, 1.54) is 12.0 Å². The molecule has 0 heterocycles. The van der Waals surface area contributed by atoms with Gasteiger partial charge >= 0.3 is 0 Å². The van der Waals surface area contributed by atoms with Crippen LogP contribution in [0.25, 0.3) is 0 Å². The lowest BCUT2D eigenvalue weighted by Gasteiger charge is -2.55. The molecule has 4 aliphatic rings. The van der Waals surface area contributed by atoms with Crippen molar-refractivity contribution < 1.29 is 10.2 Å². The number of nitrogens with two attached hydrogens (primary N) is 1. The molecule has 7 atom stereocenters. The van der Waals surface area contributed by atoms with Crippen LogP contribution in [0.5, 0.6) is 0 Å². The van der Waals surface area contributed by atoms with Crippen LogP contribution < -0.4 is 5.73 Å². The lowest BCUT2D eigenvalue weighted by atomic mass is 9.49. The third-order valence-corrected chi connectivity index (χ3v) is 7.74. The van der Waals surface area contributed by atoms with Gasteiger partial charge in [0.1, 0.15) is 0 Å². The van der Waals surface area contributed by atoms with E-state index < -0.39 is 0 Å². The van der Waals surface area contributed by atoms with Gasteiger partial charge in [-0.05, 0) is 66.3 Å². The average Bonchev–Trinajstić information content (AvgIpc) is 2.77. The summed E-state index contributed by atoms with van der Waals surface area (Å²) in [5, 5.41) is 20.8. The zero-order valence-electron chi connectivity index (χ0n) is 13.8. The zero-order valence-corrected chi connectivity index (χ0v) is 13.8. The van der Waals surface area contributed by atoms with Crippen LogP contribution in [-0.4, -0.2) is 22.4 Å². The summed E-state index contributed by atoms with van der Waals surface area (Å²) in [5.41, 5.74) is 8.00. The Hall–Kier alpha value is -0.800. The molecule has 4 N–H and O–H groups in total. The first-order chi connectivity index (χ1) is 10.4. The fourth-order valence-electron chi connectivity index (χ4n) is 6.17. The second-order valence-corrected chi connectivity index (χ2v) is 8.66. The Balaban J connectivity index is 1.78. The van der Waals surface area contributed by atoms with Crippen LogP contribution in [0.4, 0.5) is 0 Å². The van der Waals surface area contributed by atoms with E-state index in [2.05, 4.69) is 19.9 Å². The molecule has 0 spiro atoms. The molecule has 3 unspecified atom stereocenters.